The predicted molar refractivity (Wildman–Crippen MR) is 88.5 cm³/mol. The average Bonchev–Trinajstić information content (AvgIpc) is 2.41. The highest BCUT2D eigenvalue weighted by atomic mass is 15.3. The Balaban J connectivity index is 2.15. The molecule has 0 aliphatic carbocycles. The van der Waals surface area contributed by atoms with Crippen molar-refractivity contribution < 1.29 is 0 Å². The zero-order valence-electron chi connectivity index (χ0n) is 14.3. The van der Waals surface area contributed by atoms with E-state index in [1.165, 1.54) is 12.0 Å². The molecule has 0 bridgehead atoms. The van der Waals surface area contributed by atoms with E-state index in [4.69, 9.17) is 4.98 Å². The van der Waals surface area contributed by atoms with Gasteiger partial charge in [-0.05, 0) is 32.1 Å². The second-order valence-corrected chi connectivity index (χ2v) is 7.03. The molecule has 2 rings (SSSR count). The van der Waals surface area contributed by atoms with Gasteiger partial charge in [-0.25, -0.2) is 9.97 Å². The van der Waals surface area contributed by atoms with Crippen LogP contribution in [0.25, 0.3) is 0 Å². The minimum absolute atomic E-state index is 0.480. The van der Waals surface area contributed by atoms with Gasteiger partial charge in [0.15, 0.2) is 0 Å². The minimum Gasteiger partial charge on any atom is -0.338 e. The maximum atomic E-state index is 4.77. The molecule has 0 radical (unpaired) electrons. The molecule has 2 heterocycles. The van der Waals surface area contributed by atoms with E-state index in [2.05, 4.69) is 56.7 Å². The molecule has 1 aromatic heterocycles. The predicted octanol–water partition coefficient (Wildman–Crippen LogP) is 3.15. The van der Waals surface area contributed by atoms with Crippen LogP contribution in [-0.4, -0.2) is 28.6 Å². The summed E-state index contributed by atoms with van der Waals surface area (Å²) in [5.41, 5.74) is 2.28. The van der Waals surface area contributed by atoms with Crippen molar-refractivity contribution >= 4 is 5.95 Å². The van der Waals surface area contributed by atoms with Crippen LogP contribution in [0.15, 0.2) is 6.20 Å². The van der Waals surface area contributed by atoms with Crippen LogP contribution in [0.1, 0.15) is 52.3 Å². The Morgan fingerprint density at radius 2 is 2.05 bits per heavy atom. The lowest BCUT2D eigenvalue weighted by molar-refractivity contribution is 0.293. The Morgan fingerprint density at radius 3 is 2.67 bits per heavy atom. The van der Waals surface area contributed by atoms with Crippen molar-refractivity contribution in [1.29, 1.82) is 0 Å². The molecule has 1 aliphatic heterocycles. The number of aromatic nitrogens is 2. The number of rotatable bonds is 4. The number of nitrogens with zero attached hydrogens (tertiary/aromatic N) is 3. The van der Waals surface area contributed by atoms with E-state index < -0.39 is 0 Å². The number of anilines is 1. The molecular formula is C17H30N4. The standard InChI is InChI=1S/C17H30N4/c1-11(2)18-8-16-9-19-17(20-14(16)5)21-10-12(3)7-13(4)15(21)6/h9,11-13,15,18H,7-8,10H2,1-6H3. The fraction of sp³-hybridized carbons (Fsp3) is 0.765. The van der Waals surface area contributed by atoms with Gasteiger partial charge >= 0.3 is 0 Å². The third-order valence-corrected chi connectivity index (χ3v) is 4.62. The molecule has 0 spiro atoms. The van der Waals surface area contributed by atoms with Gasteiger partial charge < -0.3 is 10.2 Å². The first kappa shape index (κ1) is 16.2. The molecule has 0 amide bonds. The third kappa shape index (κ3) is 3.94. The van der Waals surface area contributed by atoms with Crippen LogP contribution >= 0.6 is 0 Å². The monoisotopic (exact) mass is 290 g/mol. The zero-order chi connectivity index (χ0) is 15.6. The van der Waals surface area contributed by atoms with Crippen LogP contribution in [0, 0.1) is 18.8 Å². The highest BCUT2D eigenvalue weighted by molar-refractivity contribution is 5.35. The highest BCUT2D eigenvalue weighted by Crippen LogP contribution is 2.29. The Labute approximate surface area is 129 Å². The van der Waals surface area contributed by atoms with Crippen molar-refractivity contribution in [3.8, 4) is 0 Å². The van der Waals surface area contributed by atoms with Gasteiger partial charge in [0.25, 0.3) is 0 Å². The lowest BCUT2D eigenvalue weighted by atomic mass is 9.86. The second kappa shape index (κ2) is 6.73. The molecule has 1 N–H and O–H groups in total. The first-order valence-electron chi connectivity index (χ1n) is 8.21. The summed E-state index contributed by atoms with van der Waals surface area (Å²) in [4.78, 5) is 11.8. The van der Waals surface area contributed by atoms with Crippen molar-refractivity contribution in [3.63, 3.8) is 0 Å². The Kier molecular flexibility index (Phi) is 5.20. The molecule has 118 valence electrons. The summed E-state index contributed by atoms with van der Waals surface area (Å²) in [6, 6.07) is 0.994. The summed E-state index contributed by atoms with van der Waals surface area (Å²) in [7, 11) is 0. The van der Waals surface area contributed by atoms with Crippen molar-refractivity contribution in [3.05, 3.63) is 17.5 Å². The number of aryl methyl sites for hydroxylation is 1. The van der Waals surface area contributed by atoms with Crippen LogP contribution in [0.3, 0.4) is 0 Å². The van der Waals surface area contributed by atoms with Gasteiger partial charge in [-0.2, -0.15) is 0 Å². The first-order chi connectivity index (χ1) is 9.88. The lowest BCUT2D eigenvalue weighted by Gasteiger charge is -2.41. The molecule has 21 heavy (non-hydrogen) atoms. The summed E-state index contributed by atoms with van der Waals surface area (Å²) in [5, 5.41) is 3.43. The van der Waals surface area contributed by atoms with Gasteiger partial charge in [0.2, 0.25) is 5.95 Å². The summed E-state index contributed by atoms with van der Waals surface area (Å²) in [6.07, 6.45) is 3.29. The minimum atomic E-state index is 0.480. The topological polar surface area (TPSA) is 41.1 Å². The number of nitrogens with one attached hydrogen (secondary N) is 1. The largest absolute Gasteiger partial charge is 0.338 e. The fourth-order valence-electron chi connectivity index (χ4n) is 3.08. The SMILES string of the molecule is Cc1nc(N2CC(C)CC(C)C2C)ncc1CNC(C)C. The highest BCUT2D eigenvalue weighted by Gasteiger charge is 2.30. The molecular weight excluding hydrogens is 260 g/mol. The molecule has 4 nitrogen and oxygen atoms in total. The number of hydrogen-bond donors (Lipinski definition) is 1. The van der Waals surface area contributed by atoms with E-state index in [1.807, 2.05) is 6.20 Å². The average molecular weight is 290 g/mol. The van der Waals surface area contributed by atoms with Gasteiger partial charge in [0, 0.05) is 42.6 Å². The van der Waals surface area contributed by atoms with E-state index in [1.54, 1.807) is 0 Å². The van der Waals surface area contributed by atoms with Gasteiger partial charge in [0.1, 0.15) is 0 Å². The molecule has 3 unspecified atom stereocenters. The third-order valence-electron chi connectivity index (χ3n) is 4.62. The normalized spacial score (nSPS) is 26.4. The van der Waals surface area contributed by atoms with Gasteiger partial charge in [0.05, 0.1) is 0 Å². The zero-order valence-corrected chi connectivity index (χ0v) is 14.3. The summed E-state index contributed by atoms with van der Waals surface area (Å²) in [6.45, 7) is 15.3. The molecule has 0 aromatic carbocycles. The van der Waals surface area contributed by atoms with Crippen LogP contribution in [0.4, 0.5) is 5.95 Å². The van der Waals surface area contributed by atoms with Crippen molar-refractivity contribution in [2.75, 3.05) is 11.4 Å². The van der Waals surface area contributed by atoms with E-state index in [9.17, 15) is 0 Å². The van der Waals surface area contributed by atoms with E-state index in [0.717, 1.165) is 24.7 Å². The van der Waals surface area contributed by atoms with Crippen LogP contribution in [0.2, 0.25) is 0 Å². The van der Waals surface area contributed by atoms with Crippen LogP contribution in [-0.2, 0) is 6.54 Å². The molecule has 1 saturated heterocycles. The maximum absolute atomic E-state index is 4.77. The smallest absolute Gasteiger partial charge is 0.225 e. The Bertz CT molecular complexity index is 472. The van der Waals surface area contributed by atoms with E-state index in [0.29, 0.717) is 23.9 Å². The lowest BCUT2D eigenvalue weighted by Crippen LogP contribution is -2.46. The van der Waals surface area contributed by atoms with Gasteiger partial charge in [-0.3, -0.25) is 0 Å². The maximum Gasteiger partial charge on any atom is 0.225 e. The van der Waals surface area contributed by atoms with Crippen molar-refractivity contribution in [1.82, 2.24) is 15.3 Å². The quantitative estimate of drug-likeness (QED) is 0.925. The number of piperidine rings is 1. The molecule has 3 atom stereocenters. The molecule has 1 aliphatic rings. The van der Waals surface area contributed by atoms with Gasteiger partial charge in [-0.1, -0.05) is 27.7 Å². The Morgan fingerprint density at radius 1 is 1.33 bits per heavy atom. The summed E-state index contributed by atoms with van der Waals surface area (Å²) < 4.78 is 0. The number of hydrogen-bond acceptors (Lipinski definition) is 4. The molecule has 1 aromatic rings. The Hall–Kier alpha value is -1.16. The molecule has 0 saturated carbocycles. The van der Waals surface area contributed by atoms with E-state index in [-0.39, 0.29) is 0 Å². The summed E-state index contributed by atoms with van der Waals surface area (Å²) >= 11 is 0. The van der Waals surface area contributed by atoms with Crippen LogP contribution in [0.5, 0.6) is 0 Å². The van der Waals surface area contributed by atoms with Crippen molar-refractivity contribution in [2.45, 2.75) is 66.6 Å². The van der Waals surface area contributed by atoms with Crippen LogP contribution < -0.4 is 10.2 Å². The first-order valence-corrected chi connectivity index (χ1v) is 8.21. The molecule has 4 heteroatoms. The van der Waals surface area contributed by atoms with E-state index >= 15 is 0 Å². The fourth-order valence-corrected chi connectivity index (χ4v) is 3.08. The molecule has 1 fully saturated rings. The second-order valence-electron chi connectivity index (χ2n) is 7.03. The summed E-state index contributed by atoms with van der Waals surface area (Å²) in [5.74, 6) is 2.30. The van der Waals surface area contributed by atoms with Crippen molar-refractivity contribution in [2.24, 2.45) is 11.8 Å². The van der Waals surface area contributed by atoms with Gasteiger partial charge in [-0.15, -0.1) is 0 Å².